The van der Waals surface area contributed by atoms with Crippen LogP contribution in [0.2, 0.25) is 40.2 Å². The molecule has 148 heavy (non-hydrogen) atoms. The number of aromatic nitrogens is 11. The molecule has 1 aliphatic heterocycles. The number of hydrogen-bond donors (Lipinski definition) is 6. The van der Waals surface area contributed by atoms with Crippen molar-refractivity contribution in [3.8, 4) is 53.7 Å². The molecule has 0 spiro atoms. The number of anilines is 5. The number of aryl methyl sites for hydroxylation is 1. The topological polar surface area (TPSA) is 308 Å². The lowest BCUT2D eigenvalue weighted by Gasteiger charge is -2.20. The third-order valence-electron chi connectivity index (χ3n) is 24.9. The van der Waals surface area contributed by atoms with Crippen LogP contribution in [0.1, 0.15) is 130 Å². The molecular formula is C109H120Cl8N22O4S5. The van der Waals surface area contributed by atoms with Crippen molar-refractivity contribution >= 4 is 255 Å². The summed E-state index contributed by atoms with van der Waals surface area (Å²) >= 11 is 56.1. The van der Waals surface area contributed by atoms with E-state index in [1.54, 1.807) is 142 Å². The number of rotatable bonds is 43. The molecule has 6 N–H and O–H groups in total. The lowest BCUT2D eigenvalue weighted by Crippen LogP contribution is -2.24. The van der Waals surface area contributed by atoms with E-state index >= 15 is 0 Å². The van der Waals surface area contributed by atoms with Crippen LogP contribution < -0.4 is 26.6 Å². The van der Waals surface area contributed by atoms with Gasteiger partial charge in [0.2, 0.25) is 0 Å². The average molecular weight is 2250 g/mol. The highest BCUT2D eigenvalue weighted by atomic mass is 35.5. The van der Waals surface area contributed by atoms with Crippen LogP contribution in [0.25, 0.3) is 120 Å². The lowest BCUT2D eigenvalue weighted by atomic mass is 10.2. The Balaban J connectivity index is 0.000000148. The Bertz CT molecular complexity index is 7490. The maximum absolute atomic E-state index is 14.0. The molecule has 1 aliphatic rings. The molecule has 17 aromatic rings. The van der Waals surface area contributed by atoms with Crippen molar-refractivity contribution in [2.75, 3.05) is 131 Å². The number of thiophene rings is 4. The summed E-state index contributed by atoms with van der Waals surface area (Å²) in [5.74, 6) is 3.40. The predicted octanol–water partition coefficient (Wildman–Crippen LogP) is 31.0. The number of para-hydroxylation sites is 2. The lowest BCUT2D eigenvalue weighted by molar-refractivity contribution is -0.383. The van der Waals surface area contributed by atoms with Gasteiger partial charge in [0.25, 0.3) is 15.7 Å². The SMILES string of the molecule is C=C(CCCNc1nc2cc(Cl)c(Cl)cc2nc1-c1cccs1)N1CCCC1.CC(=N)CCCNc1nc2cc(Cl)c(Cl)cc2nc1-c1ccc(C)s1.CCN(CC)CCCCNc1nc2c([N+](=O)[O-])cccc2nc1-c1cccs1.CCN(CC)CCCCNc1nc2cc(Cl)c(Cl)cc2nc1-c1cc2ccccc2n1S(=O)(=O)c1ccccc1.CCN(CC)CCCCNc1nc2cc(Cl)c(Cl)cc2nc1-c1cccs1. The number of benzene rings is 7. The Kier molecular flexibility index (Phi) is 42.3. The summed E-state index contributed by atoms with van der Waals surface area (Å²) in [6, 6.07) is 52.7. The molecule has 0 unspecified atom stereocenters. The zero-order chi connectivity index (χ0) is 105. The number of unbranched alkanes of at least 4 members (excludes halogenated alkanes) is 3. The second kappa shape index (κ2) is 55.4. The van der Waals surface area contributed by atoms with E-state index in [1.807, 2.05) is 71.6 Å². The van der Waals surface area contributed by atoms with E-state index in [4.69, 9.17) is 138 Å². The molecule has 0 radical (unpaired) electrons. The summed E-state index contributed by atoms with van der Waals surface area (Å²) < 4.78 is 29.5. The van der Waals surface area contributed by atoms with Gasteiger partial charge in [0.05, 0.1) is 130 Å². The van der Waals surface area contributed by atoms with Crippen LogP contribution in [-0.2, 0) is 10.0 Å². The number of hydrogen-bond acceptors (Lipinski definition) is 28. The van der Waals surface area contributed by atoms with Crippen molar-refractivity contribution in [1.82, 2.24) is 73.4 Å². The first-order valence-corrected chi connectivity index (χ1v) is 57.6. The molecule has 11 heterocycles. The first kappa shape index (κ1) is 113. The first-order chi connectivity index (χ1) is 71.6. The zero-order valence-corrected chi connectivity index (χ0v) is 94.0. The van der Waals surface area contributed by atoms with Crippen LogP contribution >= 0.6 is 138 Å². The number of nitrogens with zero attached hydrogens (tertiary/aromatic N) is 16. The van der Waals surface area contributed by atoms with Gasteiger partial charge in [-0.15, -0.1) is 45.3 Å². The Hall–Kier alpha value is -10.7. The third kappa shape index (κ3) is 30.0. The molecule has 39 heteroatoms. The predicted molar refractivity (Wildman–Crippen MR) is 628 cm³/mol. The van der Waals surface area contributed by atoms with Crippen LogP contribution in [0, 0.1) is 22.4 Å². The Morgan fingerprint density at radius 2 is 0.770 bits per heavy atom. The molecule has 7 aromatic carbocycles. The Morgan fingerprint density at radius 1 is 0.412 bits per heavy atom. The van der Waals surface area contributed by atoms with E-state index in [0.717, 1.165) is 255 Å². The first-order valence-electron chi connectivity index (χ1n) is 49.7. The standard InChI is InChI=1S/C30H31Cl2N5O2S.C21H22Cl2N4S.C20H24Cl2N4S.C20H25N5O2S.C18H18Cl2N4S/c1-3-36(4-2)17-11-10-16-33-30-29(34-25-19-23(31)24(32)20-26(25)35-30)28-18-21-12-8-9-15-27(21)37(28)40(38,39)22-13-6-5-7-14-22;1-14(27-9-2-3-10-27)6-4-8-24-21-20(19-7-5-11-28-19)25-17-12-15(22)16(23)13-18(17)26-21;1-3-26(4-2)10-6-5-9-23-20-19(18-8-7-11-27-18)24-16-12-14(21)15(22)13-17(16)25-20;1-3-24(4-2)13-6-5-12-21-20-19(17-11-8-14-28-17)22-15-9-7-10-16(25(26)27)18(15)23-20;1-10(21)4-3-7-22-18-17(16-6-5-11(2)25-16)23-14-8-12(19)13(20)9-15(14)24-18/h5-9,12-15,18-20H,3-4,10-11,16-17H2,1-2H3,(H,33,35);5,7,11-13H,1-4,6,8-10H2,(H,24,26);7-8,11-13H,3-6,9-10H2,1-2H3,(H,23,25);7-11,14H,3-6,12-13H2,1-2H3,(H,21,23);5-6,8-9,21H,3-4,7H2,1-2H3,(H,22,24). The number of nitro benzene ring substituents is 1. The van der Waals surface area contributed by atoms with Gasteiger partial charge in [-0.3, -0.25) is 10.1 Å². The average Bonchev–Trinajstić information content (AvgIpc) is 1.58. The van der Waals surface area contributed by atoms with Gasteiger partial charge in [-0.05, 0) is 275 Å². The van der Waals surface area contributed by atoms with Crippen LogP contribution in [-0.4, -0.2) is 197 Å². The number of nitrogens with one attached hydrogen (secondary N) is 6. The monoisotopic (exact) mass is 2240 g/mol. The van der Waals surface area contributed by atoms with E-state index < -0.39 is 14.9 Å². The van der Waals surface area contributed by atoms with Gasteiger partial charge in [-0.1, -0.05) is 202 Å². The van der Waals surface area contributed by atoms with Gasteiger partial charge < -0.3 is 51.6 Å². The minimum atomic E-state index is -3.96. The Labute approximate surface area is 920 Å². The number of nitro groups is 1. The number of fused-ring (bicyclic) bond motifs is 6. The largest absolute Gasteiger partial charge is 0.375 e. The molecule has 0 atom stereocenters. The van der Waals surface area contributed by atoms with E-state index in [9.17, 15) is 18.5 Å². The van der Waals surface area contributed by atoms with Crippen LogP contribution in [0.4, 0.5) is 34.8 Å². The van der Waals surface area contributed by atoms with Gasteiger partial charge >= 0.3 is 0 Å². The molecular weight excluding hydrogens is 2130 g/mol. The highest BCUT2D eigenvalue weighted by molar-refractivity contribution is 7.90. The summed E-state index contributed by atoms with van der Waals surface area (Å²) in [6.45, 7) is 36.9. The fourth-order valence-electron chi connectivity index (χ4n) is 16.8. The van der Waals surface area contributed by atoms with Crippen molar-refractivity contribution in [2.24, 2.45) is 0 Å². The van der Waals surface area contributed by atoms with Gasteiger partial charge in [0.1, 0.15) is 28.5 Å². The molecule has 18 rings (SSSR count). The number of likely N-dealkylation sites (tertiary alicyclic amines) is 1. The molecule has 1 fully saturated rings. The van der Waals surface area contributed by atoms with Crippen molar-refractivity contribution in [3.05, 3.63) is 260 Å². The third-order valence-corrected chi connectivity index (χ3v) is 33.2. The fourth-order valence-corrected chi connectivity index (χ4v) is 22.6. The minimum absolute atomic E-state index is 0.0210. The van der Waals surface area contributed by atoms with Crippen molar-refractivity contribution in [2.45, 2.75) is 137 Å². The molecule has 0 amide bonds. The molecule has 10 aromatic heterocycles. The summed E-state index contributed by atoms with van der Waals surface area (Å²) in [7, 11) is -3.96. The normalized spacial score (nSPS) is 12.0. The molecule has 1 saturated heterocycles. The Morgan fingerprint density at radius 3 is 1.15 bits per heavy atom. The van der Waals surface area contributed by atoms with Crippen LogP contribution in [0.15, 0.2) is 209 Å². The number of allylic oxidation sites excluding steroid dienone is 1. The summed E-state index contributed by atoms with van der Waals surface area (Å²) in [5, 5.41) is 46.5. The van der Waals surface area contributed by atoms with Gasteiger partial charge in [-0.2, -0.15) is 0 Å². The second-order valence-electron chi connectivity index (χ2n) is 35.1. The maximum Gasteiger partial charge on any atom is 0.297 e. The van der Waals surface area contributed by atoms with Crippen molar-refractivity contribution in [3.63, 3.8) is 0 Å². The molecule has 0 aliphatic carbocycles. The quantitative estimate of drug-likeness (QED) is 0.00895. The smallest absolute Gasteiger partial charge is 0.297 e. The van der Waals surface area contributed by atoms with E-state index in [0.29, 0.717) is 109 Å². The van der Waals surface area contributed by atoms with Gasteiger partial charge in [0.15, 0.2) is 34.6 Å². The maximum atomic E-state index is 14.0. The summed E-state index contributed by atoms with van der Waals surface area (Å²) in [5.41, 5.74) is 12.9. The number of non-ortho nitro benzene ring substituents is 1. The number of halogens is 8. The summed E-state index contributed by atoms with van der Waals surface area (Å²) in [4.78, 5) is 73.9. The van der Waals surface area contributed by atoms with Gasteiger partial charge in [-0.25, -0.2) is 62.2 Å². The molecule has 776 valence electrons. The van der Waals surface area contributed by atoms with E-state index in [2.05, 4.69) is 135 Å². The minimum Gasteiger partial charge on any atom is -0.375 e. The summed E-state index contributed by atoms with van der Waals surface area (Å²) in [6.07, 6.45) is 12.5. The molecule has 26 nitrogen and oxygen atoms in total. The van der Waals surface area contributed by atoms with E-state index in [-0.39, 0.29) is 10.6 Å². The van der Waals surface area contributed by atoms with Crippen molar-refractivity contribution in [1.29, 1.82) is 5.41 Å². The second-order valence-corrected chi connectivity index (χ2v) is 44.3. The molecule has 0 bridgehead atoms. The zero-order valence-electron chi connectivity index (χ0n) is 83.8. The fraction of sp³-hybridized carbons (Fsp3) is 0.330. The highest BCUT2D eigenvalue weighted by Crippen LogP contribution is 2.42. The van der Waals surface area contributed by atoms with E-state index in [1.165, 1.54) is 33.5 Å². The molecule has 0 saturated carbocycles. The van der Waals surface area contributed by atoms with Gasteiger partial charge in [0, 0.05) is 73.6 Å². The van der Waals surface area contributed by atoms with Crippen LogP contribution in [0.5, 0.6) is 0 Å². The highest BCUT2D eigenvalue weighted by Gasteiger charge is 2.29. The van der Waals surface area contributed by atoms with Crippen molar-refractivity contribution < 1.29 is 13.3 Å². The van der Waals surface area contributed by atoms with Crippen LogP contribution in [0.3, 0.4) is 0 Å².